The standard InChI is InChI=1S/C14H27N3O2S2/c1-5-17(6-2)9-7-8-16-21(18,19)14-12(3)11-20-13(14)10-15-4/h11,15-16H,5-10H2,1-4H3. The number of thiophene rings is 1. The fourth-order valence-electron chi connectivity index (χ4n) is 2.25. The Bertz CT molecular complexity index is 522. The van der Waals surface area contributed by atoms with Gasteiger partial charge in [0.25, 0.3) is 0 Å². The highest BCUT2D eigenvalue weighted by atomic mass is 32.2. The minimum atomic E-state index is -3.41. The summed E-state index contributed by atoms with van der Waals surface area (Å²) in [5.74, 6) is 0. The van der Waals surface area contributed by atoms with Crippen molar-refractivity contribution >= 4 is 21.4 Å². The topological polar surface area (TPSA) is 61.4 Å². The molecular weight excluding hydrogens is 306 g/mol. The summed E-state index contributed by atoms with van der Waals surface area (Å²) in [6.45, 7) is 10.1. The SMILES string of the molecule is CCN(CC)CCCNS(=O)(=O)c1c(C)csc1CNC. The molecule has 0 bridgehead atoms. The predicted octanol–water partition coefficient (Wildman–Crippen LogP) is 1.79. The molecule has 0 aromatic carbocycles. The summed E-state index contributed by atoms with van der Waals surface area (Å²) in [5.41, 5.74) is 0.821. The van der Waals surface area contributed by atoms with Crippen molar-refractivity contribution in [3.8, 4) is 0 Å². The van der Waals surface area contributed by atoms with Crippen molar-refractivity contribution in [2.24, 2.45) is 0 Å². The molecule has 1 aromatic rings. The molecule has 122 valence electrons. The molecule has 0 atom stereocenters. The van der Waals surface area contributed by atoms with E-state index in [-0.39, 0.29) is 0 Å². The number of aryl methyl sites for hydroxylation is 1. The number of nitrogens with zero attached hydrogens (tertiary/aromatic N) is 1. The Morgan fingerprint density at radius 2 is 1.95 bits per heavy atom. The van der Waals surface area contributed by atoms with E-state index in [0.29, 0.717) is 18.0 Å². The first-order valence-electron chi connectivity index (χ1n) is 7.39. The normalized spacial score (nSPS) is 12.2. The molecule has 0 aliphatic heterocycles. The van der Waals surface area contributed by atoms with Gasteiger partial charge in [0.2, 0.25) is 10.0 Å². The quantitative estimate of drug-likeness (QED) is 0.641. The van der Waals surface area contributed by atoms with Gasteiger partial charge in [-0.1, -0.05) is 13.8 Å². The van der Waals surface area contributed by atoms with Crippen LogP contribution in [-0.2, 0) is 16.6 Å². The van der Waals surface area contributed by atoms with Crippen LogP contribution in [0.4, 0.5) is 0 Å². The van der Waals surface area contributed by atoms with E-state index in [2.05, 4.69) is 28.8 Å². The summed E-state index contributed by atoms with van der Waals surface area (Å²) in [6, 6.07) is 0. The summed E-state index contributed by atoms with van der Waals surface area (Å²) in [4.78, 5) is 3.60. The van der Waals surface area contributed by atoms with Gasteiger partial charge in [0, 0.05) is 18.0 Å². The summed E-state index contributed by atoms with van der Waals surface area (Å²) in [6.07, 6.45) is 0.825. The maximum atomic E-state index is 12.4. The van der Waals surface area contributed by atoms with E-state index in [1.54, 1.807) is 0 Å². The maximum absolute atomic E-state index is 12.4. The van der Waals surface area contributed by atoms with Gasteiger partial charge >= 0.3 is 0 Å². The number of rotatable bonds is 10. The molecule has 0 aliphatic rings. The predicted molar refractivity (Wildman–Crippen MR) is 89.4 cm³/mol. The Kier molecular flexibility index (Phi) is 7.83. The van der Waals surface area contributed by atoms with E-state index < -0.39 is 10.0 Å². The first-order chi connectivity index (χ1) is 9.96. The van der Waals surface area contributed by atoms with Crippen molar-refractivity contribution in [1.29, 1.82) is 0 Å². The molecule has 0 radical (unpaired) electrons. The molecule has 0 saturated heterocycles. The summed E-state index contributed by atoms with van der Waals surface area (Å²) < 4.78 is 27.6. The summed E-state index contributed by atoms with van der Waals surface area (Å²) in [7, 11) is -1.59. The van der Waals surface area contributed by atoms with Gasteiger partial charge in [0.1, 0.15) is 4.90 Å². The Hall–Kier alpha value is -0.470. The van der Waals surface area contributed by atoms with Gasteiger partial charge in [-0.15, -0.1) is 11.3 Å². The lowest BCUT2D eigenvalue weighted by molar-refractivity contribution is 0.300. The van der Waals surface area contributed by atoms with E-state index in [9.17, 15) is 8.42 Å². The Balaban J connectivity index is 2.64. The Morgan fingerprint density at radius 3 is 2.52 bits per heavy atom. The third-order valence-corrected chi connectivity index (χ3v) is 6.36. The van der Waals surface area contributed by atoms with Crippen molar-refractivity contribution < 1.29 is 8.42 Å². The third-order valence-electron chi connectivity index (χ3n) is 3.43. The summed E-state index contributed by atoms with van der Waals surface area (Å²) >= 11 is 1.49. The van der Waals surface area contributed by atoms with Gasteiger partial charge in [0.05, 0.1) is 0 Å². The molecule has 5 nitrogen and oxygen atoms in total. The number of nitrogens with one attached hydrogen (secondary N) is 2. The maximum Gasteiger partial charge on any atom is 0.241 e. The second-order valence-corrected chi connectivity index (χ2v) is 7.65. The van der Waals surface area contributed by atoms with E-state index in [4.69, 9.17) is 0 Å². The van der Waals surface area contributed by atoms with Gasteiger partial charge in [0.15, 0.2) is 0 Å². The number of hydrogen-bond donors (Lipinski definition) is 2. The average molecular weight is 334 g/mol. The molecule has 0 aliphatic carbocycles. The fraction of sp³-hybridized carbons (Fsp3) is 0.714. The van der Waals surface area contributed by atoms with Crippen LogP contribution in [0.2, 0.25) is 0 Å². The molecule has 0 amide bonds. The van der Waals surface area contributed by atoms with Crippen molar-refractivity contribution in [1.82, 2.24) is 14.9 Å². The van der Waals surface area contributed by atoms with Crippen LogP contribution in [0, 0.1) is 6.92 Å². The zero-order valence-electron chi connectivity index (χ0n) is 13.4. The van der Waals surface area contributed by atoms with Gasteiger partial charge in [-0.2, -0.15) is 0 Å². The second-order valence-electron chi connectivity index (χ2n) is 4.98. The highest BCUT2D eigenvalue weighted by molar-refractivity contribution is 7.89. The van der Waals surface area contributed by atoms with Crippen LogP contribution in [0.25, 0.3) is 0 Å². The highest BCUT2D eigenvalue weighted by Gasteiger charge is 2.22. The molecule has 1 rings (SSSR count). The van der Waals surface area contributed by atoms with Crippen molar-refractivity contribution in [3.63, 3.8) is 0 Å². The molecule has 0 fully saturated rings. The Morgan fingerprint density at radius 1 is 1.29 bits per heavy atom. The molecule has 1 heterocycles. The van der Waals surface area contributed by atoms with Crippen LogP contribution in [-0.4, -0.2) is 46.5 Å². The van der Waals surface area contributed by atoms with Crippen LogP contribution < -0.4 is 10.0 Å². The first kappa shape index (κ1) is 18.6. The van der Waals surface area contributed by atoms with E-state index >= 15 is 0 Å². The molecule has 0 saturated carbocycles. The smallest absolute Gasteiger partial charge is 0.241 e. The van der Waals surface area contributed by atoms with Crippen molar-refractivity contribution in [2.75, 3.05) is 33.2 Å². The van der Waals surface area contributed by atoms with Crippen LogP contribution in [0.5, 0.6) is 0 Å². The molecular formula is C14H27N3O2S2. The zero-order chi connectivity index (χ0) is 15.9. The van der Waals surface area contributed by atoms with Gasteiger partial charge in [-0.3, -0.25) is 0 Å². The number of sulfonamides is 1. The lowest BCUT2D eigenvalue weighted by Gasteiger charge is -2.17. The van der Waals surface area contributed by atoms with Gasteiger partial charge < -0.3 is 10.2 Å². The third kappa shape index (κ3) is 5.34. The lowest BCUT2D eigenvalue weighted by Crippen LogP contribution is -2.30. The molecule has 21 heavy (non-hydrogen) atoms. The largest absolute Gasteiger partial charge is 0.315 e. The van der Waals surface area contributed by atoms with Gasteiger partial charge in [-0.05, 0) is 51.0 Å². The van der Waals surface area contributed by atoms with E-state index in [1.165, 1.54) is 11.3 Å². The van der Waals surface area contributed by atoms with E-state index in [0.717, 1.165) is 36.5 Å². The van der Waals surface area contributed by atoms with Crippen molar-refractivity contribution in [2.45, 2.75) is 38.6 Å². The molecule has 0 unspecified atom stereocenters. The molecule has 0 spiro atoms. The molecule has 7 heteroatoms. The molecule has 1 aromatic heterocycles. The molecule has 2 N–H and O–H groups in total. The monoisotopic (exact) mass is 333 g/mol. The van der Waals surface area contributed by atoms with Crippen LogP contribution in [0.15, 0.2) is 10.3 Å². The van der Waals surface area contributed by atoms with Crippen LogP contribution in [0.1, 0.15) is 30.7 Å². The fourth-order valence-corrected chi connectivity index (χ4v) is 5.14. The minimum absolute atomic E-state index is 0.449. The highest BCUT2D eigenvalue weighted by Crippen LogP contribution is 2.26. The average Bonchev–Trinajstić information content (AvgIpc) is 2.81. The lowest BCUT2D eigenvalue weighted by atomic mass is 10.3. The van der Waals surface area contributed by atoms with Gasteiger partial charge in [-0.25, -0.2) is 13.1 Å². The van der Waals surface area contributed by atoms with Crippen molar-refractivity contribution in [3.05, 3.63) is 15.8 Å². The van der Waals surface area contributed by atoms with Crippen LogP contribution in [0.3, 0.4) is 0 Å². The summed E-state index contributed by atoms with van der Waals surface area (Å²) in [5, 5.41) is 4.92. The first-order valence-corrected chi connectivity index (χ1v) is 9.76. The van der Waals surface area contributed by atoms with Crippen LogP contribution >= 0.6 is 11.3 Å². The second kappa shape index (κ2) is 8.85. The Labute approximate surface area is 132 Å². The minimum Gasteiger partial charge on any atom is -0.315 e. The van der Waals surface area contributed by atoms with E-state index in [1.807, 2.05) is 19.4 Å². The number of hydrogen-bond acceptors (Lipinski definition) is 5. The zero-order valence-corrected chi connectivity index (χ0v) is 15.0.